The van der Waals surface area contributed by atoms with Crippen LogP contribution in [-0.2, 0) is 6.54 Å². The average molecular weight is 689 g/mol. The number of likely N-dealkylation sites (tertiary alicyclic amines) is 1. The summed E-state index contributed by atoms with van der Waals surface area (Å²) in [5.41, 5.74) is 5.93. The van der Waals surface area contributed by atoms with Gasteiger partial charge in [-0.25, -0.2) is 9.97 Å². The Labute approximate surface area is 304 Å². The molecule has 0 aliphatic carbocycles. The molecule has 2 aromatic heterocycles. The van der Waals surface area contributed by atoms with Crippen molar-refractivity contribution in [3.8, 4) is 11.5 Å². The van der Waals surface area contributed by atoms with E-state index in [1.807, 2.05) is 12.1 Å². The van der Waals surface area contributed by atoms with Crippen LogP contribution in [0, 0.1) is 13.8 Å². The summed E-state index contributed by atoms with van der Waals surface area (Å²) in [4.78, 5) is 12.0. The lowest BCUT2D eigenvalue weighted by atomic mass is 10.0. The molecule has 0 amide bonds. The van der Waals surface area contributed by atoms with E-state index in [-0.39, 0.29) is 12.2 Å². The first-order valence-electron chi connectivity index (χ1n) is 18.8. The zero-order valence-electron chi connectivity index (χ0n) is 31.3. The first-order valence-corrected chi connectivity index (χ1v) is 18.8. The van der Waals surface area contributed by atoms with E-state index in [0.717, 1.165) is 79.7 Å². The number of para-hydroxylation sites is 2. The van der Waals surface area contributed by atoms with Crippen molar-refractivity contribution in [1.82, 2.24) is 20.2 Å². The molecule has 270 valence electrons. The number of pyridine rings is 2. The molecule has 8 nitrogen and oxygen atoms in total. The Bertz CT molecular complexity index is 1850. The Kier molecular flexibility index (Phi) is 12.3. The lowest BCUT2D eigenvalue weighted by Crippen LogP contribution is -2.38. The molecule has 7 rings (SSSR count). The highest BCUT2D eigenvalue weighted by atomic mass is 16.5. The SMILES string of the molecule is Cc1cc(NC2CCN(Cc3cc(OC(C)C)cc(OC(C)C)c3)CC2)nc2ccccc12.Cc1cc(NC2CCNCC2)nc2ccccc12. The summed E-state index contributed by atoms with van der Waals surface area (Å²) in [5, 5.41) is 13.1. The van der Waals surface area contributed by atoms with Crippen LogP contribution in [-0.4, -0.2) is 65.3 Å². The fourth-order valence-corrected chi connectivity index (χ4v) is 7.13. The molecule has 2 saturated heterocycles. The Balaban J connectivity index is 0.000000208. The molecule has 3 aromatic carbocycles. The number of ether oxygens (including phenoxy) is 2. The van der Waals surface area contributed by atoms with Crippen molar-refractivity contribution in [2.45, 2.75) is 98.1 Å². The molecule has 0 atom stereocenters. The van der Waals surface area contributed by atoms with Crippen LogP contribution >= 0.6 is 0 Å². The summed E-state index contributed by atoms with van der Waals surface area (Å²) in [6, 6.07) is 28.3. The van der Waals surface area contributed by atoms with Crippen LogP contribution in [0.4, 0.5) is 11.6 Å². The lowest BCUT2D eigenvalue weighted by Gasteiger charge is -2.33. The van der Waals surface area contributed by atoms with Gasteiger partial charge < -0.3 is 25.4 Å². The average Bonchev–Trinajstić information content (AvgIpc) is 3.09. The molecule has 51 heavy (non-hydrogen) atoms. The van der Waals surface area contributed by atoms with Crippen molar-refractivity contribution in [2.24, 2.45) is 0 Å². The Morgan fingerprint density at radius 2 is 1.14 bits per heavy atom. The maximum Gasteiger partial charge on any atom is 0.127 e. The van der Waals surface area contributed by atoms with Crippen molar-refractivity contribution in [3.05, 3.63) is 95.6 Å². The van der Waals surface area contributed by atoms with Gasteiger partial charge in [0.1, 0.15) is 23.1 Å². The van der Waals surface area contributed by atoms with Gasteiger partial charge in [0.15, 0.2) is 0 Å². The monoisotopic (exact) mass is 688 g/mol. The third-order valence-electron chi connectivity index (χ3n) is 9.57. The van der Waals surface area contributed by atoms with E-state index in [0.29, 0.717) is 12.1 Å². The lowest BCUT2D eigenvalue weighted by molar-refractivity contribution is 0.207. The van der Waals surface area contributed by atoms with Crippen LogP contribution in [0.5, 0.6) is 11.5 Å². The van der Waals surface area contributed by atoms with Crippen LogP contribution in [0.15, 0.2) is 78.9 Å². The third kappa shape index (κ3) is 10.3. The van der Waals surface area contributed by atoms with Gasteiger partial charge in [-0.15, -0.1) is 0 Å². The third-order valence-corrected chi connectivity index (χ3v) is 9.57. The number of piperidine rings is 2. The molecule has 0 saturated carbocycles. The highest BCUT2D eigenvalue weighted by Crippen LogP contribution is 2.28. The zero-order chi connectivity index (χ0) is 35.7. The van der Waals surface area contributed by atoms with E-state index < -0.39 is 0 Å². The molecule has 2 fully saturated rings. The minimum Gasteiger partial charge on any atom is -0.491 e. The number of nitrogens with one attached hydrogen (secondary N) is 3. The minimum absolute atomic E-state index is 0.140. The van der Waals surface area contributed by atoms with Crippen LogP contribution in [0.3, 0.4) is 0 Å². The van der Waals surface area contributed by atoms with E-state index in [2.05, 4.69) is 129 Å². The fourth-order valence-electron chi connectivity index (χ4n) is 7.13. The molecule has 8 heteroatoms. The van der Waals surface area contributed by atoms with Crippen molar-refractivity contribution >= 4 is 33.4 Å². The van der Waals surface area contributed by atoms with Gasteiger partial charge in [-0.1, -0.05) is 36.4 Å². The van der Waals surface area contributed by atoms with E-state index >= 15 is 0 Å². The van der Waals surface area contributed by atoms with Gasteiger partial charge >= 0.3 is 0 Å². The van der Waals surface area contributed by atoms with Crippen molar-refractivity contribution < 1.29 is 9.47 Å². The van der Waals surface area contributed by atoms with Gasteiger partial charge in [-0.3, -0.25) is 4.90 Å². The van der Waals surface area contributed by atoms with Gasteiger partial charge in [0.05, 0.1) is 23.2 Å². The highest BCUT2D eigenvalue weighted by Gasteiger charge is 2.21. The number of rotatable bonds is 10. The summed E-state index contributed by atoms with van der Waals surface area (Å²) < 4.78 is 11.9. The molecular formula is C43H56N6O2. The summed E-state index contributed by atoms with van der Waals surface area (Å²) >= 11 is 0. The smallest absolute Gasteiger partial charge is 0.127 e. The second-order valence-corrected chi connectivity index (χ2v) is 14.7. The van der Waals surface area contributed by atoms with E-state index in [1.54, 1.807) is 0 Å². The molecule has 5 aromatic rings. The van der Waals surface area contributed by atoms with Crippen molar-refractivity contribution in [3.63, 3.8) is 0 Å². The van der Waals surface area contributed by atoms with Crippen LogP contribution in [0.2, 0.25) is 0 Å². The summed E-state index contributed by atoms with van der Waals surface area (Å²) in [7, 11) is 0. The largest absolute Gasteiger partial charge is 0.491 e. The molecule has 0 spiro atoms. The van der Waals surface area contributed by atoms with Gasteiger partial charge in [0.25, 0.3) is 0 Å². The number of aryl methyl sites for hydroxylation is 2. The Morgan fingerprint density at radius 3 is 1.63 bits per heavy atom. The number of hydrogen-bond donors (Lipinski definition) is 3. The number of aromatic nitrogens is 2. The van der Waals surface area contributed by atoms with Crippen LogP contribution in [0.1, 0.15) is 70.1 Å². The van der Waals surface area contributed by atoms with Crippen molar-refractivity contribution in [1.29, 1.82) is 0 Å². The predicted molar refractivity (Wildman–Crippen MR) is 212 cm³/mol. The predicted octanol–water partition coefficient (Wildman–Crippen LogP) is 8.90. The first-order chi connectivity index (χ1) is 24.7. The van der Waals surface area contributed by atoms with Gasteiger partial charge in [-0.05, 0) is 133 Å². The maximum absolute atomic E-state index is 5.97. The second kappa shape index (κ2) is 17.2. The fraction of sp³-hybridized carbons (Fsp3) is 0.442. The zero-order valence-corrected chi connectivity index (χ0v) is 31.3. The van der Waals surface area contributed by atoms with Gasteiger partial charge in [-0.2, -0.15) is 0 Å². The van der Waals surface area contributed by atoms with Crippen molar-refractivity contribution in [2.75, 3.05) is 36.8 Å². The van der Waals surface area contributed by atoms with E-state index in [9.17, 15) is 0 Å². The Morgan fingerprint density at radius 1 is 0.667 bits per heavy atom. The topological polar surface area (TPSA) is 83.6 Å². The number of benzene rings is 3. The van der Waals surface area contributed by atoms with E-state index in [1.165, 1.54) is 40.3 Å². The number of anilines is 2. The standard InChI is InChI=1S/C28H37N3O2.C15H19N3/c1-19(2)32-24-15-22(16-25(17-24)33-20(3)4)18-31-12-10-23(11-13-31)29-28-14-21(5)26-8-6-7-9-27(26)30-28;1-11-10-15(17-12-6-8-16-9-7-12)18-14-5-3-2-4-13(11)14/h6-9,14-17,19-20,23H,10-13,18H2,1-5H3,(H,29,30);2-5,10,12,16H,6-9H2,1H3,(H,17,18). The van der Waals surface area contributed by atoms with Gasteiger partial charge in [0.2, 0.25) is 0 Å². The Hall–Kier alpha value is -4.40. The number of hydrogen-bond acceptors (Lipinski definition) is 8. The molecular weight excluding hydrogens is 633 g/mol. The summed E-state index contributed by atoms with van der Waals surface area (Å²) in [6.45, 7) is 17.7. The maximum atomic E-state index is 5.97. The van der Waals surface area contributed by atoms with Crippen LogP contribution < -0.4 is 25.4 Å². The highest BCUT2D eigenvalue weighted by molar-refractivity contribution is 5.84. The molecule has 4 heterocycles. The first kappa shape index (κ1) is 36.4. The summed E-state index contributed by atoms with van der Waals surface area (Å²) in [6.07, 6.45) is 4.83. The molecule has 2 aliphatic heterocycles. The van der Waals surface area contributed by atoms with Crippen LogP contribution in [0.25, 0.3) is 21.8 Å². The molecule has 2 aliphatic rings. The molecule has 0 bridgehead atoms. The molecule has 0 unspecified atom stereocenters. The molecule has 0 radical (unpaired) electrons. The van der Waals surface area contributed by atoms with Gasteiger partial charge in [0, 0.05) is 48.6 Å². The summed E-state index contributed by atoms with van der Waals surface area (Å²) in [5.74, 6) is 3.76. The number of fused-ring (bicyclic) bond motifs is 2. The second-order valence-electron chi connectivity index (χ2n) is 14.7. The quantitative estimate of drug-likeness (QED) is 0.134. The number of nitrogens with zero attached hydrogens (tertiary/aromatic N) is 3. The minimum atomic E-state index is 0.140. The van der Waals surface area contributed by atoms with E-state index in [4.69, 9.17) is 19.4 Å². The molecule has 3 N–H and O–H groups in total. The normalized spacial score (nSPS) is 15.9.